The summed E-state index contributed by atoms with van der Waals surface area (Å²) in [7, 11) is 0. The summed E-state index contributed by atoms with van der Waals surface area (Å²) in [5.74, 6) is 0.765. The molecule has 3 nitrogen and oxygen atoms in total. The van der Waals surface area contributed by atoms with Gasteiger partial charge in [-0.15, -0.1) is 11.3 Å². The van der Waals surface area contributed by atoms with E-state index in [1.54, 1.807) is 11.3 Å². The van der Waals surface area contributed by atoms with Crippen LogP contribution in [0.5, 0.6) is 0 Å². The van der Waals surface area contributed by atoms with E-state index in [1.165, 1.54) is 18.4 Å². The highest BCUT2D eigenvalue weighted by Crippen LogP contribution is 2.40. The summed E-state index contributed by atoms with van der Waals surface area (Å²) in [4.78, 5) is 5.50. The molecule has 0 amide bonds. The molecule has 1 aliphatic carbocycles. The lowest BCUT2D eigenvalue weighted by molar-refractivity contribution is 0.177. The predicted octanol–water partition coefficient (Wildman–Crippen LogP) is 3.55. The number of fused-ring (bicyclic) bond motifs is 1. The molecule has 0 radical (unpaired) electrons. The number of imidazole rings is 1. The summed E-state index contributed by atoms with van der Waals surface area (Å²) >= 11 is 1.61. The van der Waals surface area contributed by atoms with Crippen molar-refractivity contribution in [3.05, 3.63) is 58.9 Å². The lowest BCUT2D eigenvalue weighted by Gasteiger charge is -2.10. The standard InChI is InChI=1S/C16H16N2OS/c19-15(9-14-10-18-7-8-20-16(18)17-14)13-5-3-12(4-6-13)11-1-2-11/h3-8,10-11,15,19H,1-2,9H2. The number of aromatic nitrogens is 2. The largest absolute Gasteiger partial charge is 0.388 e. The Morgan fingerprint density at radius 3 is 2.80 bits per heavy atom. The molecule has 2 aromatic heterocycles. The van der Waals surface area contributed by atoms with Crippen LogP contribution in [0.15, 0.2) is 42.0 Å². The third-order valence-electron chi connectivity index (χ3n) is 3.92. The van der Waals surface area contributed by atoms with Crippen molar-refractivity contribution in [2.75, 3.05) is 0 Å². The van der Waals surface area contributed by atoms with Crippen LogP contribution in [-0.4, -0.2) is 14.5 Å². The average molecular weight is 284 g/mol. The second-order valence-electron chi connectivity index (χ2n) is 5.49. The van der Waals surface area contributed by atoms with Crippen LogP contribution < -0.4 is 0 Å². The van der Waals surface area contributed by atoms with E-state index in [9.17, 15) is 5.11 Å². The molecule has 102 valence electrons. The molecule has 1 aliphatic rings. The maximum absolute atomic E-state index is 10.3. The quantitative estimate of drug-likeness (QED) is 0.795. The first kappa shape index (κ1) is 12.1. The highest BCUT2D eigenvalue weighted by Gasteiger charge is 2.23. The zero-order valence-electron chi connectivity index (χ0n) is 11.1. The first-order valence-electron chi connectivity index (χ1n) is 6.98. The van der Waals surface area contributed by atoms with Gasteiger partial charge in [-0.2, -0.15) is 0 Å². The Balaban J connectivity index is 1.51. The van der Waals surface area contributed by atoms with Crippen LogP contribution in [0.4, 0.5) is 0 Å². The van der Waals surface area contributed by atoms with Crippen molar-refractivity contribution in [3.63, 3.8) is 0 Å². The number of aliphatic hydroxyl groups excluding tert-OH is 1. The van der Waals surface area contributed by atoms with Gasteiger partial charge in [-0.25, -0.2) is 4.98 Å². The first-order valence-corrected chi connectivity index (χ1v) is 7.86. The average Bonchev–Trinajstić information content (AvgIpc) is 3.11. The van der Waals surface area contributed by atoms with Gasteiger partial charge in [0.2, 0.25) is 0 Å². The lowest BCUT2D eigenvalue weighted by Crippen LogP contribution is -2.02. The Hall–Kier alpha value is -1.65. The fourth-order valence-corrected chi connectivity index (χ4v) is 3.32. The lowest BCUT2D eigenvalue weighted by atomic mass is 10.0. The van der Waals surface area contributed by atoms with Gasteiger partial charge >= 0.3 is 0 Å². The molecule has 1 unspecified atom stereocenters. The van der Waals surface area contributed by atoms with E-state index in [1.807, 2.05) is 22.2 Å². The van der Waals surface area contributed by atoms with Gasteiger partial charge < -0.3 is 5.11 Å². The number of benzene rings is 1. The van der Waals surface area contributed by atoms with E-state index in [0.717, 1.165) is 22.1 Å². The Labute approximate surface area is 121 Å². The summed E-state index contributed by atoms with van der Waals surface area (Å²) in [6.07, 6.45) is 6.70. The molecule has 1 N–H and O–H groups in total. The number of aliphatic hydroxyl groups is 1. The monoisotopic (exact) mass is 284 g/mol. The van der Waals surface area contributed by atoms with Crippen LogP contribution in [0.25, 0.3) is 4.96 Å². The molecule has 1 fully saturated rings. The molecule has 1 saturated carbocycles. The minimum atomic E-state index is -0.479. The smallest absolute Gasteiger partial charge is 0.193 e. The fourth-order valence-electron chi connectivity index (χ4n) is 2.60. The molecule has 0 aliphatic heterocycles. The predicted molar refractivity (Wildman–Crippen MR) is 80.1 cm³/mol. The molecular formula is C16H16N2OS. The molecule has 2 heterocycles. The van der Waals surface area contributed by atoms with E-state index >= 15 is 0 Å². The minimum absolute atomic E-state index is 0.479. The summed E-state index contributed by atoms with van der Waals surface area (Å²) in [6, 6.07) is 8.41. The number of thiazole rings is 1. The van der Waals surface area contributed by atoms with Crippen molar-refractivity contribution in [3.8, 4) is 0 Å². The van der Waals surface area contributed by atoms with Crippen LogP contribution in [0.3, 0.4) is 0 Å². The molecule has 1 atom stereocenters. The molecule has 1 aromatic carbocycles. The molecule has 0 spiro atoms. The van der Waals surface area contributed by atoms with Crippen molar-refractivity contribution in [1.82, 2.24) is 9.38 Å². The molecule has 4 heteroatoms. The number of rotatable bonds is 4. The van der Waals surface area contributed by atoms with Crippen molar-refractivity contribution < 1.29 is 5.11 Å². The van der Waals surface area contributed by atoms with Crippen molar-refractivity contribution in [2.24, 2.45) is 0 Å². The van der Waals surface area contributed by atoms with E-state index in [2.05, 4.69) is 29.2 Å². The van der Waals surface area contributed by atoms with Crippen molar-refractivity contribution in [1.29, 1.82) is 0 Å². The van der Waals surface area contributed by atoms with Gasteiger partial charge in [0, 0.05) is 24.2 Å². The maximum atomic E-state index is 10.3. The van der Waals surface area contributed by atoms with E-state index < -0.39 is 6.10 Å². The minimum Gasteiger partial charge on any atom is -0.388 e. The molecule has 4 rings (SSSR count). The summed E-state index contributed by atoms with van der Waals surface area (Å²) in [5, 5.41) is 12.3. The third-order valence-corrected chi connectivity index (χ3v) is 4.69. The summed E-state index contributed by atoms with van der Waals surface area (Å²) in [5.41, 5.74) is 3.32. The Kier molecular flexibility index (Phi) is 2.86. The molecule has 3 aromatic rings. The van der Waals surface area contributed by atoms with E-state index in [0.29, 0.717) is 6.42 Å². The molecule has 20 heavy (non-hydrogen) atoms. The molecule has 0 saturated heterocycles. The van der Waals surface area contributed by atoms with Gasteiger partial charge in [-0.05, 0) is 29.9 Å². The van der Waals surface area contributed by atoms with Gasteiger partial charge in [-0.3, -0.25) is 4.40 Å². The summed E-state index contributed by atoms with van der Waals surface area (Å²) in [6.45, 7) is 0. The van der Waals surface area contributed by atoms with Gasteiger partial charge in [0.05, 0.1) is 11.8 Å². The number of nitrogens with zero attached hydrogens (tertiary/aromatic N) is 2. The third kappa shape index (κ3) is 2.25. The Bertz CT molecular complexity index is 696. The first-order chi connectivity index (χ1) is 9.79. The molecule has 0 bridgehead atoms. The fraction of sp³-hybridized carbons (Fsp3) is 0.312. The SMILES string of the molecule is OC(Cc1cn2ccsc2n1)c1ccc(C2CC2)cc1. The highest BCUT2D eigenvalue weighted by atomic mass is 32.1. The van der Waals surface area contributed by atoms with Crippen LogP contribution in [0.2, 0.25) is 0 Å². The van der Waals surface area contributed by atoms with Gasteiger partial charge in [-0.1, -0.05) is 24.3 Å². The Morgan fingerprint density at radius 1 is 1.30 bits per heavy atom. The second-order valence-corrected chi connectivity index (χ2v) is 6.36. The zero-order chi connectivity index (χ0) is 13.5. The van der Waals surface area contributed by atoms with Crippen molar-refractivity contribution >= 4 is 16.3 Å². The van der Waals surface area contributed by atoms with E-state index in [4.69, 9.17) is 0 Å². The van der Waals surface area contributed by atoms with Crippen LogP contribution in [0, 0.1) is 0 Å². The number of hydrogen-bond acceptors (Lipinski definition) is 3. The van der Waals surface area contributed by atoms with Gasteiger partial charge in [0.15, 0.2) is 4.96 Å². The van der Waals surface area contributed by atoms with Crippen LogP contribution in [-0.2, 0) is 6.42 Å². The van der Waals surface area contributed by atoms with Crippen LogP contribution >= 0.6 is 11.3 Å². The maximum Gasteiger partial charge on any atom is 0.193 e. The van der Waals surface area contributed by atoms with Crippen LogP contribution in [0.1, 0.15) is 41.7 Å². The van der Waals surface area contributed by atoms with Gasteiger partial charge in [0.1, 0.15) is 0 Å². The Morgan fingerprint density at radius 2 is 2.10 bits per heavy atom. The van der Waals surface area contributed by atoms with Crippen molar-refractivity contribution in [2.45, 2.75) is 31.3 Å². The second kappa shape index (κ2) is 4.72. The van der Waals surface area contributed by atoms with E-state index in [-0.39, 0.29) is 0 Å². The summed E-state index contributed by atoms with van der Waals surface area (Å²) < 4.78 is 2.00. The highest BCUT2D eigenvalue weighted by molar-refractivity contribution is 7.15. The normalized spacial score (nSPS) is 16.6. The number of hydrogen-bond donors (Lipinski definition) is 1. The van der Waals surface area contributed by atoms with Gasteiger partial charge in [0.25, 0.3) is 0 Å². The topological polar surface area (TPSA) is 37.5 Å². The zero-order valence-corrected chi connectivity index (χ0v) is 11.9. The molecular weight excluding hydrogens is 268 g/mol.